The SMILES string of the molecule is C1=C(c2ccccc2)Nn2c(nnc2[C@H]2CCCN2)S1. The predicted molar refractivity (Wildman–Crippen MR) is 79.6 cm³/mol. The molecule has 1 aromatic carbocycles. The van der Waals surface area contributed by atoms with Crippen molar-refractivity contribution in [3.63, 3.8) is 0 Å². The lowest BCUT2D eigenvalue weighted by Crippen LogP contribution is -2.24. The number of hydrogen-bond acceptors (Lipinski definition) is 5. The van der Waals surface area contributed by atoms with Crippen molar-refractivity contribution >= 4 is 17.5 Å². The molecule has 20 heavy (non-hydrogen) atoms. The van der Waals surface area contributed by atoms with Crippen molar-refractivity contribution in [1.82, 2.24) is 20.2 Å². The van der Waals surface area contributed by atoms with Gasteiger partial charge in [0.25, 0.3) is 0 Å². The van der Waals surface area contributed by atoms with Crippen LogP contribution in [0.1, 0.15) is 30.3 Å². The molecule has 2 aromatic rings. The van der Waals surface area contributed by atoms with Crippen LogP contribution in [0.5, 0.6) is 0 Å². The van der Waals surface area contributed by atoms with Gasteiger partial charge in [0.1, 0.15) is 0 Å². The Morgan fingerprint density at radius 2 is 2.10 bits per heavy atom. The number of fused-ring (bicyclic) bond motifs is 1. The van der Waals surface area contributed by atoms with E-state index in [4.69, 9.17) is 0 Å². The highest BCUT2D eigenvalue weighted by Gasteiger charge is 2.26. The highest BCUT2D eigenvalue weighted by atomic mass is 32.2. The number of benzene rings is 1. The average Bonchev–Trinajstić information content (AvgIpc) is 3.16. The maximum Gasteiger partial charge on any atom is 0.214 e. The summed E-state index contributed by atoms with van der Waals surface area (Å²) in [7, 11) is 0. The van der Waals surface area contributed by atoms with Crippen LogP contribution in [0.25, 0.3) is 5.70 Å². The Morgan fingerprint density at radius 3 is 2.90 bits per heavy atom. The Kier molecular flexibility index (Phi) is 2.97. The summed E-state index contributed by atoms with van der Waals surface area (Å²) in [6, 6.07) is 10.6. The van der Waals surface area contributed by atoms with Gasteiger partial charge in [-0.15, -0.1) is 10.2 Å². The van der Waals surface area contributed by atoms with Crippen molar-refractivity contribution in [2.45, 2.75) is 24.0 Å². The van der Waals surface area contributed by atoms with Crippen molar-refractivity contribution in [2.24, 2.45) is 0 Å². The van der Waals surface area contributed by atoms with Gasteiger partial charge in [-0.05, 0) is 24.9 Å². The molecule has 0 spiro atoms. The number of nitrogens with one attached hydrogen (secondary N) is 2. The maximum atomic E-state index is 4.34. The monoisotopic (exact) mass is 285 g/mol. The topological polar surface area (TPSA) is 54.8 Å². The minimum Gasteiger partial charge on any atom is -0.307 e. The quantitative estimate of drug-likeness (QED) is 0.887. The Hall–Kier alpha value is -1.79. The summed E-state index contributed by atoms with van der Waals surface area (Å²) in [5, 5.41) is 15.1. The van der Waals surface area contributed by atoms with Gasteiger partial charge in [0.2, 0.25) is 5.16 Å². The fourth-order valence-corrected chi connectivity index (χ4v) is 3.35. The molecule has 0 bridgehead atoms. The lowest BCUT2D eigenvalue weighted by molar-refractivity contribution is 0.577. The van der Waals surface area contributed by atoms with E-state index in [0.717, 1.165) is 29.6 Å². The largest absolute Gasteiger partial charge is 0.307 e. The molecule has 1 atom stereocenters. The highest BCUT2D eigenvalue weighted by molar-refractivity contribution is 8.02. The van der Waals surface area contributed by atoms with Crippen LogP contribution >= 0.6 is 11.8 Å². The second-order valence-corrected chi connectivity index (χ2v) is 5.79. The van der Waals surface area contributed by atoms with Crippen LogP contribution in [-0.4, -0.2) is 21.4 Å². The van der Waals surface area contributed by atoms with Crippen molar-refractivity contribution in [2.75, 3.05) is 12.0 Å². The van der Waals surface area contributed by atoms with Gasteiger partial charge in [0, 0.05) is 5.41 Å². The molecule has 0 unspecified atom stereocenters. The summed E-state index contributed by atoms with van der Waals surface area (Å²) in [5.41, 5.74) is 5.69. The second-order valence-electron chi connectivity index (χ2n) is 4.95. The zero-order valence-electron chi connectivity index (χ0n) is 10.9. The summed E-state index contributed by atoms with van der Waals surface area (Å²) in [6.07, 6.45) is 2.32. The van der Waals surface area contributed by atoms with E-state index in [9.17, 15) is 0 Å². The molecule has 6 heteroatoms. The van der Waals surface area contributed by atoms with Crippen molar-refractivity contribution < 1.29 is 0 Å². The zero-order chi connectivity index (χ0) is 13.4. The molecule has 4 rings (SSSR count). The fourth-order valence-electron chi connectivity index (χ4n) is 2.60. The van der Waals surface area contributed by atoms with Crippen LogP contribution in [0.3, 0.4) is 0 Å². The molecule has 0 aliphatic carbocycles. The van der Waals surface area contributed by atoms with E-state index >= 15 is 0 Å². The third kappa shape index (κ3) is 2.01. The maximum absolute atomic E-state index is 4.34. The molecule has 1 saturated heterocycles. The molecular formula is C14H15N5S. The first-order chi connectivity index (χ1) is 9.92. The molecule has 0 amide bonds. The van der Waals surface area contributed by atoms with E-state index in [1.54, 1.807) is 11.8 Å². The molecule has 2 aliphatic heterocycles. The molecular weight excluding hydrogens is 270 g/mol. The molecule has 1 fully saturated rings. The molecule has 3 heterocycles. The fraction of sp³-hybridized carbons (Fsp3) is 0.286. The average molecular weight is 285 g/mol. The van der Waals surface area contributed by atoms with Crippen LogP contribution in [0.15, 0.2) is 40.9 Å². The third-order valence-electron chi connectivity index (χ3n) is 3.63. The minimum atomic E-state index is 0.305. The Balaban J connectivity index is 1.66. The summed E-state index contributed by atoms with van der Waals surface area (Å²) in [5.74, 6) is 0.978. The summed E-state index contributed by atoms with van der Waals surface area (Å²) < 4.78 is 2.01. The highest BCUT2D eigenvalue weighted by Crippen LogP contribution is 2.31. The first-order valence-corrected chi connectivity index (χ1v) is 7.68. The third-order valence-corrected chi connectivity index (χ3v) is 4.46. The zero-order valence-corrected chi connectivity index (χ0v) is 11.7. The molecule has 102 valence electrons. The van der Waals surface area contributed by atoms with Crippen LogP contribution in [-0.2, 0) is 0 Å². The van der Waals surface area contributed by atoms with Crippen LogP contribution in [0.2, 0.25) is 0 Å². The van der Waals surface area contributed by atoms with E-state index in [-0.39, 0.29) is 0 Å². The van der Waals surface area contributed by atoms with Crippen molar-refractivity contribution in [3.05, 3.63) is 47.1 Å². The van der Waals surface area contributed by atoms with Gasteiger partial charge >= 0.3 is 0 Å². The van der Waals surface area contributed by atoms with Crippen molar-refractivity contribution in [3.8, 4) is 0 Å². The van der Waals surface area contributed by atoms with Gasteiger partial charge in [0.05, 0.1) is 11.7 Å². The van der Waals surface area contributed by atoms with Crippen LogP contribution in [0, 0.1) is 0 Å². The summed E-state index contributed by atoms with van der Waals surface area (Å²) >= 11 is 1.61. The van der Waals surface area contributed by atoms with E-state index in [1.165, 1.54) is 12.0 Å². The van der Waals surface area contributed by atoms with E-state index < -0.39 is 0 Å². The molecule has 2 N–H and O–H groups in total. The molecule has 1 aromatic heterocycles. The number of aromatic nitrogens is 3. The Bertz CT molecular complexity index is 643. The Labute approximate surface area is 121 Å². The van der Waals surface area contributed by atoms with E-state index in [0.29, 0.717) is 6.04 Å². The van der Waals surface area contributed by atoms with E-state index in [2.05, 4.69) is 38.5 Å². The second kappa shape index (κ2) is 4.96. The molecule has 5 nitrogen and oxygen atoms in total. The van der Waals surface area contributed by atoms with Crippen LogP contribution < -0.4 is 10.7 Å². The van der Waals surface area contributed by atoms with Gasteiger partial charge in [-0.25, -0.2) is 4.68 Å². The lowest BCUT2D eigenvalue weighted by atomic mass is 10.2. The van der Waals surface area contributed by atoms with E-state index in [1.807, 2.05) is 22.9 Å². The number of thioether (sulfide) groups is 1. The number of nitrogens with zero attached hydrogens (tertiary/aromatic N) is 3. The Morgan fingerprint density at radius 1 is 1.20 bits per heavy atom. The summed E-state index contributed by atoms with van der Waals surface area (Å²) in [4.78, 5) is 0. The molecule has 0 saturated carbocycles. The standard InChI is InChI=1S/C14H15N5S/c1-2-5-10(6-3-1)12-9-20-14-17-16-13(19(14)18-12)11-7-4-8-15-11/h1-3,5-6,9,11,15,18H,4,7-8H2/t11-/m1/s1. The molecule has 0 radical (unpaired) electrons. The first kappa shape index (κ1) is 12.0. The predicted octanol–water partition coefficient (Wildman–Crippen LogP) is 2.35. The number of hydrogen-bond donors (Lipinski definition) is 2. The minimum absolute atomic E-state index is 0.305. The normalized spacial score (nSPS) is 21.2. The van der Waals surface area contributed by atoms with Gasteiger partial charge < -0.3 is 5.32 Å². The summed E-state index contributed by atoms with van der Waals surface area (Å²) in [6.45, 7) is 1.06. The van der Waals surface area contributed by atoms with Gasteiger partial charge in [-0.2, -0.15) is 0 Å². The van der Waals surface area contributed by atoms with Gasteiger partial charge in [-0.3, -0.25) is 5.43 Å². The van der Waals surface area contributed by atoms with Gasteiger partial charge in [-0.1, -0.05) is 42.1 Å². The van der Waals surface area contributed by atoms with Gasteiger partial charge in [0.15, 0.2) is 5.82 Å². The first-order valence-electron chi connectivity index (χ1n) is 6.80. The smallest absolute Gasteiger partial charge is 0.214 e. The number of rotatable bonds is 2. The van der Waals surface area contributed by atoms with Crippen molar-refractivity contribution in [1.29, 1.82) is 0 Å². The molecule has 2 aliphatic rings. The lowest BCUT2D eigenvalue weighted by Gasteiger charge is -2.20. The van der Waals surface area contributed by atoms with Crippen LogP contribution in [0.4, 0.5) is 0 Å².